The van der Waals surface area contributed by atoms with Gasteiger partial charge < -0.3 is 4.90 Å². The van der Waals surface area contributed by atoms with E-state index in [0.717, 1.165) is 6.54 Å². The van der Waals surface area contributed by atoms with Gasteiger partial charge in [-0.3, -0.25) is 0 Å². The van der Waals surface area contributed by atoms with Gasteiger partial charge in [-0.1, -0.05) is 61.4 Å². The molecule has 0 spiro atoms. The van der Waals surface area contributed by atoms with Crippen LogP contribution in [0.2, 0.25) is 0 Å². The Kier molecular flexibility index (Phi) is 6.23. The van der Waals surface area contributed by atoms with Crippen LogP contribution < -0.4 is 4.90 Å². The second-order valence-electron chi connectivity index (χ2n) is 11.2. The molecule has 0 fully saturated rings. The van der Waals surface area contributed by atoms with Crippen LogP contribution in [0.5, 0.6) is 0 Å². The Hall–Kier alpha value is -2.87. The number of nitrogens with zero attached hydrogens (tertiary/aromatic N) is 2. The monoisotopic (exact) mass is 453 g/mol. The Balaban J connectivity index is 1.64. The summed E-state index contributed by atoms with van der Waals surface area (Å²) in [5.41, 5.74) is 10.9. The van der Waals surface area contributed by atoms with Crippen LogP contribution in [0.3, 0.4) is 0 Å². The lowest BCUT2D eigenvalue weighted by Crippen LogP contribution is -2.31. The lowest BCUT2D eigenvalue weighted by atomic mass is 9.81. The van der Waals surface area contributed by atoms with Gasteiger partial charge in [0.1, 0.15) is 6.54 Å². The third-order valence-electron chi connectivity index (χ3n) is 7.60. The summed E-state index contributed by atoms with van der Waals surface area (Å²) >= 11 is 0. The Bertz CT molecular complexity index is 1230. The van der Waals surface area contributed by atoms with Crippen molar-refractivity contribution in [3.63, 3.8) is 0 Å². The van der Waals surface area contributed by atoms with Crippen LogP contribution in [-0.2, 0) is 10.8 Å². The smallest absolute Gasteiger partial charge is 0.209 e. The fraction of sp³-hybridized carbons (Fsp3) is 0.406. The molecule has 2 heteroatoms. The summed E-state index contributed by atoms with van der Waals surface area (Å²) in [5.74, 6) is 0. The summed E-state index contributed by atoms with van der Waals surface area (Å²) in [6, 6.07) is 14.1. The normalized spacial score (nSPS) is 19.8. The number of hydrogen-bond donors (Lipinski definition) is 0. The van der Waals surface area contributed by atoms with Crippen molar-refractivity contribution >= 4 is 17.1 Å². The van der Waals surface area contributed by atoms with Gasteiger partial charge in [0.25, 0.3) is 0 Å². The molecule has 0 radical (unpaired) electrons. The second kappa shape index (κ2) is 8.73. The summed E-state index contributed by atoms with van der Waals surface area (Å²) in [6.07, 6.45) is 11.2. The van der Waals surface area contributed by atoms with Crippen molar-refractivity contribution in [1.29, 1.82) is 0 Å². The molecule has 4 rings (SSSR count). The first-order valence-corrected chi connectivity index (χ1v) is 12.7. The highest BCUT2D eigenvalue weighted by Gasteiger charge is 2.44. The molecular weight excluding hydrogens is 412 g/mol. The van der Waals surface area contributed by atoms with Crippen LogP contribution >= 0.6 is 0 Å². The van der Waals surface area contributed by atoms with Gasteiger partial charge in [-0.05, 0) is 72.2 Å². The minimum Gasteiger partial charge on any atom is -0.341 e. The molecule has 0 atom stereocenters. The third kappa shape index (κ3) is 3.87. The molecule has 0 aromatic heterocycles. The number of hydrogen-bond acceptors (Lipinski definition) is 1. The van der Waals surface area contributed by atoms with E-state index in [1.807, 2.05) is 0 Å². The standard InChI is InChI=1S/C32H41N2/c1-10-33-27-18-16-23(4)20-25(27)31(6,7)29(33)14-12-11-13-15-30-32(8,9)26-21-24(5)17-19-28(26)34(30)22(2)3/h11-22H,10H2,1-9H3/q+1. The van der Waals surface area contributed by atoms with Crippen LogP contribution in [-0.4, -0.2) is 22.9 Å². The highest BCUT2D eigenvalue weighted by Crippen LogP contribution is 2.49. The lowest BCUT2D eigenvalue weighted by molar-refractivity contribution is -0.433. The summed E-state index contributed by atoms with van der Waals surface area (Å²) in [5, 5.41) is 0. The van der Waals surface area contributed by atoms with E-state index in [-0.39, 0.29) is 10.8 Å². The SMILES string of the molecule is CC[N+]1=C(C=CC=CC=C2N(C(C)C)c3ccc(C)cc3C2(C)C)C(C)(C)c2cc(C)ccc21. The fourth-order valence-corrected chi connectivity index (χ4v) is 5.76. The molecule has 2 aliphatic rings. The first-order chi connectivity index (χ1) is 16.0. The maximum atomic E-state index is 2.50. The Morgan fingerprint density at radius 3 is 2.15 bits per heavy atom. The molecule has 0 saturated carbocycles. The van der Waals surface area contributed by atoms with Crippen molar-refractivity contribution in [2.24, 2.45) is 0 Å². The van der Waals surface area contributed by atoms with Gasteiger partial charge in [-0.2, -0.15) is 4.58 Å². The third-order valence-corrected chi connectivity index (χ3v) is 7.60. The average molecular weight is 454 g/mol. The van der Waals surface area contributed by atoms with Crippen molar-refractivity contribution in [1.82, 2.24) is 0 Å². The second-order valence-corrected chi connectivity index (χ2v) is 11.2. The van der Waals surface area contributed by atoms with Crippen LogP contribution in [0, 0.1) is 13.8 Å². The van der Waals surface area contributed by atoms with Crippen molar-refractivity contribution in [2.45, 2.75) is 79.2 Å². The molecule has 2 heterocycles. The predicted octanol–water partition coefficient (Wildman–Crippen LogP) is 7.90. The molecule has 0 bridgehead atoms. The number of fused-ring (bicyclic) bond motifs is 2. The maximum Gasteiger partial charge on any atom is 0.209 e. The van der Waals surface area contributed by atoms with Crippen LogP contribution in [0.25, 0.3) is 0 Å². The van der Waals surface area contributed by atoms with E-state index >= 15 is 0 Å². The molecule has 2 aromatic carbocycles. The van der Waals surface area contributed by atoms with Gasteiger partial charge in [0, 0.05) is 40.5 Å². The van der Waals surface area contributed by atoms with Gasteiger partial charge in [-0.25, -0.2) is 0 Å². The summed E-state index contributed by atoms with van der Waals surface area (Å²) in [4.78, 5) is 2.50. The Morgan fingerprint density at radius 2 is 1.50 bits per heavy atom. The zero-order valence-electron chi connectivity index (χ0n) is 22.5. The number of anilines is 1. The van der Waals surface area contributed by atoms with Gasteiger partial charge in [-0.15, -0.1) is 0 Å². The maximum absolute atomic E-state index is 2.50. The van der Waals surface area contributed by atoms with Gasteiger partial charge in [0.2, 0.25) is 5.69 Å². The van der Waals surface area contributed by atoms with Crippen molar-refractivity contribution in [3.05, 3.63) is 94.7 Å². The molecule has 0 N–H and O–H groups in total. The molecule has 2 aliphatic heterocycles. The number of allylic oxidation sites excluding steroid dienone is 6. The molecule has 0 amide bonds. The van der Waals surface area contributed by atoms with E-state index in [4.69, 9.17) is 0 Å². The number of benzene rings is 2. The first kappa shape index (κ1) is 24.3. The van der Waals surface area contributed by atoms with E-state index in [0.29, 0.717) is 6.04 Å². The fourth-order valence-electron chi connectivity index (χ4n) is 5.76. The topological polar surface area (TPSA) is 6.25 Å². The Morgan fingerprint density at radius 1 is 0.853 bits per heavy atom. The zero-order valence-corrected chi connectivity index (χ0v) is 22.5. The highest BCUT2D eigenvalue weighted by atomic mass is 15.2. The van der Waals surface area contributed by atoms with Crippen molar-refractivity contribution in [3.8, 4) is 0 Å². The first-order valence-electron chi connectivity index (χ1n) is 12.7. The molecule has 2 nitrogen and oxygen atoms in total. The van der Waals surface area contributed by atoms with Gasteiger partial charge >= 0.3 is 0 Å². The minimum absolute atomic E-state index is 0.00154. The largest absolute Gasteiger partial charge is 0.341 e. The Labute approximate surface area is 207 Å². The summed E-state index contributed by atoms with van der Waals surface area (Å²) < 4.78 is 2.46. The molecule has 2 aromatic rings. The van der Waals surface area contributed by atoms with Crippen molar-refractivity contribution < 1.29 is 4.58 Å². The van der Waals surface area contributed by atoms with Gasteiger partial charge in [0.05, 0.1) is 5.41 Å². The molecular formula is C32H41N2+. The van der Waals surface area contributed by atoms with Crippen LogP contribution in [0.4, 0.5) is 11.4 Å². The van der Waals surface area contributed by atoms with Crippen LogP contribution in [0.1, 0.15) is 70.7 Å². The van der Waals surface area contributed by atoms with E-state index in [1.54, 1.807) is 0 Å². The average Bonchev–Trinajstić information content (AvgIpc) is 3.12. The lowest BCUT2D eigenvalue weighted by Gasteiger charge is -2.30. The van der Waals surface area contributed by atoms with E-state index in [1.165, 1.54) is 45.0 Å². The van der Waals surface area contributed by atoms with E-state index < -0.39 is 0 Å². The quantitative estimate of drug-likeness (QED) is 0.329. The summed E-state index contributed by atoms with van der Waals surface area (Å²) in [6.45, 7) is 21.5. The molecule has 34 heavy (non-hydrogen) atoms. The highest BCUT2D eigenvalue weighted by molar-refractivity contribution is 6.03. The molecule has 0 saturated heterocycles. The molecule has 0 aliphatic carbocycles. The predicted molar refractivity (Wildman–Crippen MR) is 148 cm³/mol. The van der Waals surface area contributed by atoms with E-state index in [2.05, 4.69) is 139 Å². The van der Waals surface area contributed by atoms with E-state index in [9.17, 15) is 0 Å². The minimum atomic E-state index is -0.0135. The summed E-state index contributed by atoms with van der Waals surface area (Å²) in [7, 11) is 0. The van der Waals surface area contributed by atoms with Crippen molar-refractivity contribution in [2.75, 3.05) is 11.4 Å². The number of rotatable bonds is 5. The van der Waals surface area contributed by atoms with Crippen LogP contribution in [0.15, 0.2) is 72.5 Å². The number of aryl methyl sites for hydroxylation is 2. The zero-order chi connectivity index (χ0) is 24.8. The molecule has 178 valence electrons. The van der Waals surface area contributed by atoms with Gasteiger partial charge in [0.15, 0.2) is 5.71 Å². The molecule has 0 unspecified atom stereocenters.